The van der Waals surface area contributed by atoms with E-state index in [0.717, 1.165) is 27.7 Å². The van der Waals surface area contributed by atoms with Gasteiger partial charge in [-0.2, -0.15) is 0 Å². The van der Waals surface area contributed by atoms with E-state index in [2.05, 4.69) is 26.6 Å². The van der Waals surface area contributed by atoms with E-state index >= 15 is 0 Å². The molecule has 3 N–H and O–H groups in total. The van der Waals surface area contributed by atoms with Gasteiger partial charge in [-0.15, -0.1) is 10.2 Å². The summed E-state index contributed by atoms with van der Waals surface area (Å²) in [5, 5.41) is 13.8. The molecule has 1 fully saturated rings. The molecule has 1 aromatic carbocycles. The summed E-state index contributed by atoms with van der Waals surface area (Å²) in [5.41, 5.74) is 7.17. The van der Waals surface area contributed by atoms with Gasteiger partial charge in [-0.05, 0) is 18.9 Å². The van der Waals surface area contributed by atoms with E-state index < -0.39 is 0 Å². The van der Waals surface area contributed by atoms with E-state index in [9.17, 15) is 0 Å². The average molecular weight is 329 g/mol. The van der Waals surface area contributed by atoms with Crippen LogP contribution in [0, 0.1) is 0 Å². The van der Waals surface area contributed by atoms with Crippen LogP contribution in [0.1, 0.15) is 46.8 Å². The highest BCUT2D eigenvalue weighted by molar-refractivity contribution is 7.11. The van der Waals surface area contributed by atoms with E-state index in [1.165, 1.54) is 12.8 Å². The molecule has 7 heteroatoms. The molecule has 23 heavy (non-hydrogen) atoms. The fourth-order valence-electron chi connectivity index (χ4n) is 2.69. The number of nitrogens with zero attached hydrogens (tertiary/aromatic N) is 3. The molecule has 1 unspecified atom stereocenters. The molecule has 1 atom stereocenters. The van der Waals surface area contributed by atoms with Crippen molar-refractivity contribution in [2.75, 3.05) is 6.61 Å². The molecule has 0 amide bonds. The second-order valence-electron chi connectivity index (χ2n) is 5.88. The maximum absolute atomic E-state index is 6.04. The number of hydrogen-bond donors (Lipinski definition) is 2. The first-order valence-electron chi connectivity index (χ1n) is 7.90. The molecule has 2 aliphatic rings. The van der Waals surface area contributed by atoms with Crippen LogP contribution in [0.25, 0.3) is 0 Å². The van der Waals surface area contributed by atoms with Crippen molar-refractivity contribution in [2.24, 2.45) is 10.7 Å². The first kappa shape index (κ1) is 14.4. The second-order valence-corrected chi connectivity index (χ2v) is 6.98. The van der Waals surface area contributed by atoms with Crippen LogP contribution >= 0.6 is 11.3 Å². The largest absolute Gasteiger partial charge is 0.493 e. The minimum atomic E-state index is 0.139. The number of nitrogens with one attached hydrogen (secondary N) is 1. The molecule has 1 aromatic heterocycles. The van der Waals surface area contributed by atoms with Gasteiger partial charge >= 0.3 is 0 Å². The normalized spacial score (nSPS) is 20.7. The Morgan fingerprint density at radius 3 is 3.04 bits per heavy atom. The van der Waals surface area contributed by atoms with E-state index in [1.807, 2.05) is 18.2 Å². The number of aliphatic imine (C=N–C) groups is 1. The Morgan fingerprint density at radius 2 is 2.17 bits per heavy atom. The lowest BCUT2D eigenvalue weighted by molar-refractivity contribution is 0.262. The molecule has 6 nitrogen and oxygen atoms in total. The van der Waals surface area contributed by atoms with Gasteiger partial charge in [-0.1, -0.05) is 29.5 Å². The summed E-state index contributed by atoms with van der Waals surface area (Å²) in [6, 6.07) is 8.17. The zero-order chi connectivity index (χ0) is 15.6. The first-order chi connectivity index (χ1) is 11.3. The molecule has 0 radical (unpaired) electrons. The van der Waals surface area contributed by atoms with Gasteiger partial charge in [0.05, 0.1) is 19.2 Å². The van der Waals surface area contributed by atoms with Crippen molar-refractivity contribution in [3.05, 3.63) is 39.8 Å². The van der Waals surface area contributed by atoms with Crippen LogP contribution in [0.4, 0.5) is 0 Å². The smallest absolute Gasteiger partial charge is 0.189 e. The Hall–Kier alpha value is -2.15. The highest BCUT2D eigenvalue weighted by Crippen LogP contribution is 2.41. The van der Waals surface area contributed by atoms with Gasteiger partial charge in [0.1, 0.15) is 15.8 Å². The summed E-state index contributed by atoms with van der Waals surface area (Å²) in [6.45, 7) is 1.16. The summed E-state index contributed by atoms with van der Waals surface area (Å²) in [7, 11) is 0. The van der Waals surface area contributed by atoms with Gasteiger partial charge in [-0.25, -0.2) is 4.99 Å². The molecule has 0 bridgehead atoms. The molecule has 2 aromatic rings. The topological polar surface area (TPSA) is 85.4 Å². The number of benzene rings is 1. The predicted octanol–water partition coefficient (Wildman–Crippen LogP) is 2.34. The summed E-state index contributed by atoms with van der Waals surface area (Å²) < 4.78 is 5.66. The van der Waals surface area contributed by atoms with E-state index in [4.69, 9.17) is 10.5 Å². The molecular formula is C16H19N5OS. The van der Waals surface area contributed by atoms with Crippen LogP contribution in [0.3, 0.4) is 0 Å². The molecular weight excluding hydrogens is 310 g/mol. The predicted molar refractivity (Wildman–Crippen MR) is 89.6 cm³/mol. The lowest BCUT2D eigenvalue weighted by atomic mass is 10.0. The van der Waals surface area contributed by atoms with Gasteiger partial charge in [0, 0.05) is 17.9 Å². The van der Waals surface area contributed by atoms with Gasteiger partial charge < -0.3 is 15.8 Å². The number of hydrogen-bond acceptors (Lipinski definition) is 5. The van der Waals surface area contributed by atoms with Crippen molar-refractivity contribution >= 4 is 17.3 Å². The van der Waals surface area contributed by atoms with E-state index in [-0.39, 0.29) is 6.04 Å². The molecule has 1 aliphatic heterocycles. The van der Waals surface area contributed by atoms with Crippen molar-refractivity contribution in [3.8, 4) is 5.75 Å². The second kappa shape index (κ2) is 6.16. The van der Waals surface area contributed by atoms with Crippen molar-refractivity contribution in [3.63, 3.8) is 0 Å². The minimum absolute atomic E-state index is 0.139. The monoisotopic (exact) mass is 329 g/mol. The highest BCUT2D eigenvalue weighted by atomic mass is 32.1. The summed E-state index contributed by atoms with van der Waals surface area (Å²) in [4.78, 5) is 4.40. The van der Waals surface area contributed by atoms with Crippen molar-refractivity contribution in [1.29, 1.82) is 0 Å². The third-order valence-corrected chi connectivity index (χ3v) is 5.14. The van der Waals surface area contributed by atoms with E-state index in [0.29, 0.717) is 25.0 Å². The number of fused-ring (bicyclic) bond motifs is 1. The molecule has 0 saturated heterocycles. The molecule has 0 spiro atoms. The third-order valence-electron chi connectivity index (χ3n) is 4.07. The summed E-state index contributed by atoms with van der Waals surface area (Å²) >= 11 is 1.65. The Morgan fingerprint density at radius 1 is 1.30 bits per heavy atom. The van der Waals surface area contributed by atoms with Crippen molar-refractivity contribution < 1.29 is 4.74 Å². The lowest BCUT2D eigenvalue weighted by Crippen LogP contribution is -2.37. The minimum Gasteiger partial charge on any atom is -0.493 e. The molecule has 4 rings (SSSR count). The van der Waals surface area contributed by atoms with Gasteiger partial charge in [0.2, 0.25) is 0 Å². The number of rotatable bonds is 4. The van der Waals surface area contributed by atoms with Crippen molar-refractivity contribution in [1.82, 2.24) is 15.5 Å². The van der Waals surface area contributed by atoms with Gasteiger partial charge in [-0.3, -0.25) is 0 Å². The number of guanidine groups is 1. The van der Waals surface area contributed by atoms with Crippen LogP contribution < -0.4 is 15.8 Å². The quantitative estimate of drug-likeness (QED) is 0.664. The number of para-hydroxylation sites is 1. The fourth-order valence-corrected chi connectivity index (χ4v) is 3.63. The molecule has 1 saturated carbocycles. The Labute approximate surface area is 138 Å². The average Bonchev–Trinajstić information content (AvgIpc) is 3.32. The third kappa shape index (κ3) is 3.29. The van der Waals surface area contributed by atoms with Crippen molar-refractivity contribution in [2.45, 2.75) is 37.8 Å². The maximum Gasteiger partial charge on any atom is 0.189 e. The number of nitrogens with two attached hydrogens (primary N) is 1. The Kier molecular flexibility index (Phi) is 3.87. The van der Waals surface area contributed by atoms with Crippen LogP contribution in [0.5, 0.6) is 5.75 Å². The zero-order valence-electron chi connectivity index (χ0n) is 12.7. The molecule has 120 valence electrons. The molecule has 1 aliphatic carbocycles. The van der Waals surface area contributed by atoms with Gasteiger partial charge in [0.15, 0.2) is 5.96 Å². The molecule has 2 heterocycles. The van der Waals surface area contributed by atoms with Crippen LogP contribution in [-0.4, -0.2) is 22.8 Å². The fraction of sp³-hybridized carbons (Fsp3) is 0.438. The highest BCUT2D eigenvalue weighted by Gasteiger charge is 2.27. The first-order valence-corrected chi connectivity index (χ1v) is 8.71. The SMILES string of the molecule is NC(=NCc1nnc(C2CC2)s1)NC1CCOc2ccccc21. The zero-order valence-corrected chi connectivity index (χ0v) is 13.6. The lowest BCUT2D eigenvalue weighted by Gasteiger charge is -2.26. The van der Waals surface area contributed by atoms with Gasteiger partial charge in [0.25, 0.3) is 0 Å². The number of aromatic nitrogens is 2. The number of ether oxygens (including phenoxy) is 1. The van der Waals surface area contributed by atoms with E-state index in [1.54, 1.807) is 11.3 Å². The van der Waals surface area contributed by atoms with Crippen LogP contribution in [0.2, 0.25) is 0 Å². The summed E-state index contributed by atoms with van der Waals surface area (Å²) in [6.07, 6.45) is 3.35. The Bertz CT molecular complexity index is 725. The maximum atomic E-state index is 6.04. The van der Waals surface area contributed by atoms with Crippen LogP contribution in [-0.2, 0) is 6.54 Å². The summed E-state index contributed by atoms with van der Waals surface area (Å²) in [5.74, 6) is 2.00. The van der Waals surface area contributed by atoms with Crippen LogP contribution in [0.15, 0.2) is 29.3 Å². The Balaban J connectivity index is 1.40. The standard InChI is InChI=1S/C16H19N5OS/c17-16(18-9-14-20-21-15(23-14)10-5-6-10)19-12-7-8-22-13-4-2-1-3-11(12)13/h1-4,10,12H,5-9H2,(H3,17,18,19).